The van der Waals surface area contributed by atoms with Crippen LogP contribution in [0, 0.1) is 5.92 Å². The maximum Gasteiger partial charge on any atom is 0.261 e. The molecule has 180 valence electrons. The van der Waals surface area contributed by atoms with Crippen LogP contribution in [-0.2, 0) is 16.6 Å². The van der Waals surface area contributed by atoms with E-state index in [9.17, 15) is 13.2 Å². The van der Waals surface area contributed by atoms with Crippen molar-refractivity contribution in [2.45, 2.75) is 62.3 Å². The molecule has 33 heavy (non-hydrogen) atoms. The topological polar surface area (TPSA) is 86.7 Å². The quantitative estimate of drug-likeness (QED) is 0.470. The smallest absolute Gasteiger partial charge is 0.261 e. The van der Waals surface area contributed by atoms with Gasteiger partial charge in [-0.05, 0) is 79.6 Å². The molecule has 0 spiro atoms. The minimum Gasteiger partial charge on any atom is -0.395 e. The Morgan fingerprint density at radius 1 is 1.15 bits per heavy atom. The fourth-order valence-corrected chi connectivity index (χ4v) is 6.40. The number of carbonyl (C=O) groups excluding carboxylic acids is 1. The molecule has 2 unspecified atom stereocenters. The van der Waals surface area contributed by atoms with E-state index in [2.05, 4.69) is 11.6 Å². The summed E-state index contributed by atoms with van der Waals surface area (Å²) in [6.45, 7) is 4.14. The SMILES string of the molecule is CC1CCCCC1N(Cc1ccc(C(=O)NS[C@@H](C)CO)cc1)S(=O)(=O)c1ccc(Cl)cc1. The van der Waals surface area contributed by atoms with E-state index in [-0.39, 0.29) is 41.2 Å². The third kappa shape index (κ3) is 6.73. The van der Waals surface area contributed by atoms with Gasteiger partial charge in [0.1, 0.15) is 0 Å². The molecule has 9 heteroatoms. The second-order valence-electron chi connectivity index (χ2n) is 8.57. The Labute approximate surface area is 205 Å². The third-order valence-corrected chi connectivity index (χ3v) is 9.01. The predicted octanol–water partition coefficient (Wildman–Crippen LogP) is 4.87. The predicted molar refractivity (Wildman–Crippen MR) is 134 cm³/mol. The number of hydrogen-bond acceptors (Lipinski definition) is 5. The lowest BCUT2D eigenvalue weighted by molar-refractivity contribution is 0.0984. The summed E-state index contributed by atoms with van der Waals surface area (Å²) in [4.78, 5) is 12.6. The maximum absolute atomic E-state index is 13.6. The van der Waals surface area contributed by atoms with E-state index in [0.717, 1.165) is 31.2 Å². The molecule has 2 aromatic rings. The van der Waals surface area contributed by atoms with Gasteiger partial charge < -0.3 is 5.11 Å². The van der Waals surface area contributed by atoms with E-state index in [1.807, 2.05) is 6.92 Å². The molecule has 0 saturated heterocycles. The van der Waals surface area contributed by atoms with Crippen LogP contribution < -0.4 is 4.72 Å². The number of carbonyl (C=O) groups is 1. The summed E-state index contributed by atoms with van der Waals surface area (Å²) in [7, 11) is -3.73. The first-order valence-corrected chi connectivity index (χ1v) is 13.9. The zero-order valence-corrected chi connectivity index (χ0v) is 21.3. The fraction of sp³-hybridized carbons (Fsp3) is 0.458. The Kier molecular flexibility index (Phi) is 9.24. The maximum atomic E-state index is 13.6. The van der Waals surface area contributed by atoms with Gasteiger partial charge in [0.05, 0.1) is 11.5 Å². The summed E-state index contributed by atoms with van der Waals surface area (Å²) in [5.41, 5.74) is 1.30. The number of nitrogens with one attached hydrogen (secondary N) is 1. The monoisotopic (exact) mass is 510 g/mol. The number of nitrogens with zero attached hydrogens (tertiary/aromatic N) is 1. The number of amides is 1. The van der Waals surface area contributed by atoms with Gasteiger partial charge in [-0.3, -0.25) is 9.52 Å². The van der Waals surface area contributed by atoms with Crippen LogP contribution in [0.1, 0.15) is 55.5 Å². The van der Waals surface area contributed by atoms with Crippen molar-refractivity contribution in [3.63, 3.8) is 0 Å². The number of sulfonamides is 1. The Morgan fingerprint density at radius 3 is 2.39 bits per heavy atom. The Morgan fingerprint density at radius 2 is 1.79 bits per heavy atom. The Bertz CT molecular complexity index is 1030. The number of halogens is 1. The summed E-state index contributed by atoms with van der Waals surface area (Å²) >= 11 is 7.14. The summed E-state index contributed by atoms with van der Waals surface area (Å²) in [6.07, 6.45) is 3.95. The molecule has 1 aliphatic rings. The molecule has 1 aliphatic carbocycles. The molecule has 3 rings (SSSR count). The van der Waals surface area contributed by atoms with Gasteiger partial charge in [-0.1, -0.05) is 43.5 Å². The van der Waals surface area contributed by atoms with E-state index < -0.39 is 10.0 Å². The van der Waals surface area contributed by atoms with Crippen molar-refractivity contribution in [2.75, 3.05) is 6.61 Å². The lowest BCUT2D eigenvalue weighted by Crippen LogP contribution is -2.44. The number of aliphatic hydroxyl groups is 1. The zero-order chi connectivity index (χ0) is 24.0. The molecule has 0 bridgehead atoms. The molecule has 0 aromatic heterocycles. The summed E-state index contributed by atoms with van der Waals surface area (Å²) < 4.78 is 31.6. The number of hydrogen-bond donors (Lipinski definition) is 2. The van der Waals surface area contributed by atoms with E-state index in [4.69, 9.17) is 16.7 Å². The average molecular weight is 511 g/mol. The lowest BCUT2D eigenvalue weighted by atomic mass is 9.86. The first-order valence-electron chi connectivity index (χ1n) is 11.2. The second-order valence-corrected chi connectivity index (χ2v) is 12.1. The van der Waals surface area contributed by atoms with Crippen LogP contribution in [0.25, 0.3) is 0 Å². The number of benzene rings is 2. The van der Waals surface area contributed by atoms with Gasteiger partial charge in [0.25, 0.3) is 5.91 Å². The van der Waals surface area contributed by atoms with Gasteiger partial charge in [0.2, 0.25) is 10.0 Å². The van der Waals surface area contributed by atoms with Crippen LogP contribution in [-0.4, -0.2) is 41.6 Å². The highest BCUT2D eigenvalue weighted by Crippen LogP contribution is 2.33. The van der Waals surface area contributed by atoms with Crippen molar-refractivity contribution in [3.05, 3.63) is 64.7 Å². The Hall–Kier alpha value is -1.58. The highest BCUT2D eigenvalue weighted by Gasteiger charge is 2.36. The number of rotatable bonds is 9. The first kappa shape index (κ1) is 26.0. The summed E-state index contributed by atoms with van der Waals surface area (Å²) in [5, 5.41) is 9.49. The molecule has 2 N–H and O–H groups in total. The molecule has 6 nitrogen and oxygen atoms in total. The summed E-state index contributed by atoms with van der Waals surface area (Å²) in [6, 6.07) is 13.2. The van der Waals surface area contributed by atoms with Crippen LogP contribution in [0.4, 0.5) is 0 Å². The second kappa shape index (κ2) is 11.7. The van der Waals surface area contributed by atoms with Gasteiger partial charge >= 0.3 is 0 Å². The normalized spacial score (nSPS) is 19.9. The molecule has 1 amide bonds. The summed E-state index contributed by atoms with van der Waals surface area (Å²) in [5.74, 6) is 0.00908. The van der Waals surface area contributed by atoms with Crippen LogP contribution in [0.2, 0.25) is 5.02 Å². The van der Waals surface area contributed by atoms with Crippen molar-refractivity contribution < 1.29 is 18.3 Å². The molecular formula is C24H31ClN2O4S2. The molecule has 0 aliphatic heterocycles. The fourth-order valence-electron chi connectivity index (χ4n) is 4.04. The van der Waals surface area contributed by atoms with Crippen molar-refractivity contribution in [1.29, 1.82) is 0 Å². The molecule has 3 atom stereocenters. The first-order chi connectivity index (χ1) is 15.7. The van der Waals surface area contributed by atoms with Crippen LogP contribution in [0.15, 0.2) is 53.4 Å². The highest BCUT2D eigenvalue weighted by atomic mass is 35.5. The molecule has 1 saturated carbocycles. The van der Waals surface area contributed by atoms with E-state index >= 15 is 0 Å². The van der Waals surface area contributed by atoms with E-state index in [1.54, 1.807) is 52.8 Å². The van der Waals surface area contributed by atoms with Gasteiger partial charge in [0, 0.05) is 28.4 Å². The number of aliphatic hydroxyl groups excluding tert-OH is 1. The van der Waals surface area contributed by atoms with Crippen LogP contribution >= 0.6 is 23.5 Å². The van der Waals surface area contributed by atoms with E-state index in [1.165, 1.54) is 11.9 Å². The van der Waals surface area contributed by atoms with Crippen molar-refractivity contribution >= 4 is 39.5 Å². The molecule has 1 fully saturated rings. The third-order valence-electron chi connectivity index (χ3n) is 6.02. The van der Waals surface area contributed by atoms with Gasteiger partial charge in [-0.15, -0.1) is 0 Å². The largest absolute Gasteiger partial charge is 0.395 e. The van der Waals surface area contributed by atoms with Crippen LogP contribution in [0.5, 0.6) is 0 Å². The zero-order valence-electron chi connectivity index (χ0n) is 18.9. The molecular weight excluding hydrogens is 480 g/mol. The van der Waals surface area contributed by atoms with Gasteiger partial charge in [0.15, 0.2) is 0 Å². The molecule has 0 radical (unpaired) electrons. The minimum atomic E-state index is -3.73. The molecule has 2 aromatic carbocycles. The standard InChI is InChI=1S/C24H31ClN2O4S2/c1-17-5-3-4-6-23(17)27(33(30,31)22-13-11-21(25)12-14-22)15-19-7-9-20(10-8-19)24(29)26-32-18(2)16-28/h7-14,17-18,23,28H,3-6,15-16H2,1-2H3,(H,26,29)/t17?,18-,23?/m0/s1. The van der Waals surface area contributed by atoms with E-state index in [0.29, 0.717) is 10.6 Å². The van der Waals surface area contributed by atoms with Crippen molar-refractivity contribution in [3.8, 4) is 0 Å². The molecule has 0 heterocycles. The minimum absolute atomic E-state index is 0.0264. The van der Waals surface area contributed by atoms with Gasteiger partial charge in [-0.25, -0.2) is 8.42 Å². The Balaban J connectivity index is 1.83. The van der Waals surface area contributed by atoms with Crippen molar-refractivity contribution in [2.24, 2.45) is 5.92 Å². The highest BCUT2D eigenvalue weighted by molar-refractivity contribution is 7.98. The lowest BCUT2D eigenvalue weighted by Gasteiger charge is -2.37. The average Bonchev–Trinajstić information content (AvgIpc) is 2.82. The van der Waals surface area contributed by atoms with Gasteiger partial charge in [-0.2, -0.15) is 4.31 Å². The van der Waals surface area contributed by atoms with Crippen LogP contribution in [0.3, 0.4) is 0 Å². The van der Waals surface area contributed by atoms with Crippen molar-refractivity contribution in [1.82, 2.24) is 9.03 Å².